The minimum Gasteiger partial charge on any atom is -0.381 e. The molecule has 0 saturated heterocycles. The van der Waals surface area contributed by atoms with Crippen LogP contribution in [-0.2, 0) is 17.7 Å². The van der Waals surface area contributed by atoms with Gasteiger partial charge in [0.15, 0.2) is 5.96 Å². The molecule has 2 N–H and O–H groups in total. The number of aliphatic imine (C=N–C) groups is 1. The summed E-state index contributed by atoms with van der Waals surface area (Å²) in [7, 11) is 3.51. The molecule has 6 heteroatoms. The van der Waals surface area contributed by atoms with Crippen molar-refractivity contribution in [3.05, 3.63) is 71.3 Å². The molecule has 0 saturated carbocycles. The van der Waals surface area contributed by atoms with Crippen LogP contribution in [0.1, 0.15) is 34.8 Å². The van der Waals surface area contributed by atoms with Crippen molar-refractivity contribution in [3.63, 3.8) is 0 Å². The fourth-order valence-corrected chi connectivity index (χ4v) is 2.84. The Kier molecular flexibility index (Phi) is 10.4. The first-order valence-electron chi connectivity index (χ1n) is 10.5. The van der Waals surface area contributed by atoms with Crippen molar-refractivity contribution < 1.29 is 9.53 Å². The molecular formula is C24H34N4O2. The van der Waals surface area contributed by atoms with Crippen LogP contribution in [0.4, 0.5) is 0 Å². The molecule has 0 bridgehead atoms. The summed E-state index contributed by atoms with van der Waals surface area (Å²) in [5, 5.41) is 6.60. The second-order valence-corrected chi connectivity index (χ2v) is 7.22. The van der Waals surface area contributed by atoms with Crippen molar-refractivity contribution >= 4 is 11.9 Å². The van der Waals surface area contributed by atoms with E-state index in [1.165, 1.54) is 5.56 Å². The van der Waals surface area contributed by atoms with Crippen LogP contribution in [0.25, 0.3) is 0 Å². The molecule has 0 unspecified atom stereocenters. The van der Waals surface area contributed by atoms with E-state index in [4.69, 9.17) is 4.74 Å². The van der Waals surface area contributed by atoms with Crippen LogP contribution in [0.15, 0.2) is 59.6 Å². The smallest absolute Gasteiger partial charge is 0.253 e. The maximum absolute atomic E-state index is 12.0. The van der Waals surface area contributed by atoms with E-state index in [-0.39, 0.29) is 5.91 Å². The molecule has 0 heterocycles. The lowest BCUT2D eigenvalue weighted by Gasteiger charge is -2.12. The molecule has 0 aromatic heterocycles. The number of hydrogen-bond donors (Lipinski definition) is 2. The first-order valence-corrected chi connectivity index (χ1v) is 10.5. The van der Waals surface area contributed by atoms with Gasteiger partial charge in [0, 0.05) is 39.4 Å². The quantitative estimate of drug-likeness (QED) is 0.339. The minimum absolute atomic E-state index is 0.00560. The fraction of sp³-hybridized carbons (Fsp3) is 0.417. The van der Waals surface area contributed by atoms with Gasteiger partial charge in [-0.25, -0.2) is 4.99 Å². The fourth-order valence-electron chi connectivity index (χ4n) is 2.84. The molecule has 6 nitrogen and oxygen atoms in total. The maximum Gasteiger partial charge on any atom is 0.253 e. The third kappa shape index (κ3) is 8.66. The van der Waals surface area contributed by atoms with E-state index in [9.17, 15) is 4.79 Å². The summed E-state index contributed by atoms with van der Waals surface area (Å²) in [5.74, 6) is 0.793. The average Bonchev–Trinajstić information content (AvgIpc) is 2.77. The van der Waals surface area contributed by atoms with Crippen molar-refractivity contribution in [2.24, 2.45) is 4.99 Å². The highest BCUT2D eigenvalue weighted by Crippen LogP contribution is 2.07. The zero-order chi connectivity index (χ0) is 21.6. The number of rotatable bonds is 11. The Labute approximate surface area is 180 Å². The lowest BCUT2D eigenvalue weighted by atomic mass is 10.1. The van der Waals surface area contributed by atoms with Crippen molar-refractivity contribution in [1.82, 2.24) is 15.5 Å². The van der Waals surface area contributed by atoms with Crippen molar-refractivity contribution in [3.8, 4) is 0 Å². The highest BCUT2D eigenvalue weighted by atomic mass is 16.5. The Balaban J connectivity index is 1.69. The normalized spacial score (nSPS) is 11.2. The second kappa shape index (κ2) is 13.4. The minimum atomic E-state index is 0.00560. The van der Waals surface area contributed by atoms with Gasteiger partial charge in [-0.05, 0) is 43.0 Å². The molecule has 0 aliphatic carbocycles. The van der Waals surface area contributed by atoms with Crippen LogP contribution >= 0.6 is 0 Å². The first-order chi connectivity index (χ1) is 14.6. The number of carbonyl (C=O) groups excluding carboxylic acids is 1. The number of benzene rings is 2. The second-order valence-electron chi connectivity index (χ2n) is 7.22. The number of guanidine groups is 1. The summed E-state index contributed by atoms with van der Waals surface area (Å²) in [6.07, 6.45) is 1.86. The topological polar surface area (TPSA) is 66.0 Å². The van der Waals surface area contributed by atoms with Gasteiger partial charge in [0.05, 0.1) is 13.2 Å². The molecule has 30 heavy (non-hydrogen) atoms. The molecule has 0 spiro atoms. The monoisotopic (exact) mass is 410 g/mol. The Morgan fingerprint density at radius 1 is 0.967 bits per heavy atom. The van der Waals surface area contributed by atoms with E-state index in [1.807, 2.05) is 37.3 Å². The number of nitrogens with one attached hydrogen (secondary N) is 2. The predicted molar refractivity (Wildman–Crippen MR) is 123 cm³/mol. The number of hydrogen-bond acceptors (Lipinski definition) is 3. The van der Waals surface area contributed by atoms with Gasteiger partial charge in [-0.1, -0.05) is 42.5 Å². The van der Waals surface area contributed by atoms with Crippen molar-refractivity contribution in [1.29, 1.82) is 0 Å². The van der Waals surface area contributed by atoms with Crippen LogP contribution in [-0.4, -0.2) is 57.2 Å². The molecule has 0 aliphatic rings. The summed E-state index contributed by atoms with van der Waals surface area (Å²) in [6.45, 7) is 5.67. The molecule has 2 aromatic carbocycles. The lowest BCUT2D eigenvalue weighted by molar-refractivity contribution is 0.0827. The van der Waals surface area contributed by atoms with E-state index in [0.29, 0.717) is 12.1 Å². The van der Waals surface area contributed by atoms with Crippen LogP contribution < -0.4 is 10.6 Å². The van der Waals surface area contributed by atoms with Crippen LogP contribution in [0.5, 0.6) is 0 Å². The standard InChI is InChI=1S/C24H34N4O2/c1-4-25-24(26-16-8-17-30-18-15-20-9-6-5-7-10-20)27-19-21-11-13-22(14-12-21)23(29)28(2)3/h5-7,9-14H,4,8,15-19H2,1-3H3,(H2,25,26,27). The Bertz CT molecular complexity index is 774. The third-order valence-electron chi connectivity index (χ3n) is 4.51. The van der Waals surface area contributed by atoms with Gasteiger partial charge in [-0.2, -0.15) is 0 Å². The predicted octanol–water partition coefficient (Wildman–Crippen LogP) is 3.09. The molecular weight excluding hydrogens is 376 g/mol. The number of amides is 1. The molecule has 162 valence electrons. The molecule has 1 amide bonds. The SMILES string of the molecule is CCNC(=NCc1ccc(C(=O)N(C)C)cc1)NCCCOCCc1ccccc1. The zero-order valence-electron chi connectivity index (χ0n) is 18.4. The van der Waals surface area contributed by atoms with E-state index in [2.05, 4.69) is 39.9 Å². The van der Waals surface area contributed by atoms with E-state index in [1.54, 1.807) is 19.0 Å². The number of carbonyl (C=O) groups is 1. The lowest BCUT2D eigenvalue weighted by Crippen LogP contribution is -2.38. The van der Waals surface area contributed by atoms with Gasteiger partial charge in [0.25, 0.3) is 5.91 Å². The van der Waals surface area contributed by atoms with Crippen molar-refractivity contribution in [2.75, 3.05) is 40.4 Å². The Hall–Kier alpha value is -2.86. The molecule has 2 aromatic rings. The summed E-state index contributed by atoms with van der Waals surface area (Å²) in [6, 6.07) is 18.0. The first kappa shape index (κ1) is 23.4. The third-order valence-corrected chi connectivity index (χ3v) is 4.51. The van der Waals surface area contributed by atoms with E-state index < -0.39 is 0 Å². The largest absolute Gasteiger partial charge is 0.381 e. The van der Waals surface area contributed by atoms with Crippen LogP contribution in [0.2, 0.25) is 0 Å². The van der Waals surface area contributed by atoms with Crippen molar-refractivity contribution in [2.45, 2.75) is 26.3 Å². The summed E-state index contributed by atoms with van der Waals surface area (Å²) >= 11 is 0. The van der Waals surface area contributed by atoms with E-state index in [0.717, 1.165) is 50.7 Å². The van der Waals surface area contributed by atoms with Gasteiger partial charge in [-0.3, -0.25) is 4.79 Å². The van der Waals surface area contributed by atoms with Gasteiger partial charge >= 0.3 is 0 Å². The summed E-state index contributed by atoms with van der Waals surface area (Å²) < 4.78 is 5.72. The molecule has 0 atom stereocenters. The van der Waals surface area contributed by atoms with E-state index >= 15 is 0 Å². The summed E-state index contributed by atoms with van der Waals surface area (Å²) in [5.41, 5.74) is 3.05. The summed E-state index contributed by atoms with van der Waals surface area (Å²) in [4.78, 5) is 18.2. The average molecular weight is 411 g/mol. The van der Waals surface area contributed by atoms with Crippen LogP contribution in [0, 0.1) is 0 Å². The van der Waals surface area contributed by atoms with Gasteiger partial charge < -0.3 is 20.3 Å². The Morgan fingerprint density at radius 3 is 2.37 bits per heavy atom. The highest BCUT2D eigenvalue weighted by Gasteiger charge is 2.07. The molecule has 0 fully saturated rings. The number of ether oxygens (including phenoxy) is 1. The Morgan fingerprint density at radius 2 is 1.70 bits per heavy atom. The number of nitrogens with zero attached hydrogens (tertiary/aromatic N) is 2. The highest BCUT2D eigenvalue weighted by molar-refractivity contribution is 5.93. The molecule has 0 aliphatic heterocycles. The molecule has 0 radical (unpaired) electrons. The molecule has 2 rings (SSSR count). The van der Waals surface area contributed by atoms with Gasteiger partial charge in [-0.15, -0.1) is 0 Å². The van der Waals surface area contributed by atoms with Gasteiger partial charge in [0.2, 0.25) is 0 Å². The zero-order valence-corrected chi connectivity index (χ0v) is 18.4. The van der Waals surface area contributed by atoms with Gasteiger partial charge in [0.1, 0.15) is 0 Å². The van der Waals surface area contributed by atoms with Crippen LogP contribution in [0.3, 0.4) is 0 Å². The maximum atomic E-state index is 12.0.